The summed E-state index contributed by atoms with van der Waals surface area (Å²) in [5.41, 5.74) is 2.60. The molecule has 1 aromatic rings. The molecule has 0 unspecified atom stereocenters. The van der Waals surface area contributed by atoms with Crippen LogP contribution in [0, 0.1) is 6.92 Å². The monoisotopic (exact) mass is 193 g/mol. The number of imidazole rings is 1. The Morgan fingerprint density at radius 2 is 2.14 bits per heavy atom. The fraction of sp³-hybridized carbons (Fsp3) is 0.727. The van der Waals surface area contributed by atoms with Crippen molar-refractivity contribution in [2.75, 3.05) is 7.05 Å². The van der Waals surface area contributed by atoms with E-state index in [2.05, 4.69) is 15.3 Å². The van der Waals surface area contributed by atoms with Gasteiger partial charge in [0.1, 0.15) is 5.82 Å². The number of hydrogen-bond acceptors (Lipinski definition) is 2. The van der Waals surface area contributed by atoms with Crippen LogP contribution in [0.4, 0.5) is 0 Å². The van der Waals surface area contributed by atoms with Crippen LogP contribution < -0.4 is 5.32 Å². The highest BCUT2D eigenvalue weighted by molar-refractivity contribution is 5.19. The Labute approximate surface area is 85.3 Å². The molecule has 0 saturated heterocycles. The average Bonchev–Trinajstić information content (AvgIpc) is 2.74. The third kappa shape index (κ3) is 1.82. The number of aryl methyl sites for hydroxylation is 1. The van der Waals surface area contributed by atoms with E-state index in [4.69, 9.17) is 0 Å². The van der Waals surface area contributed by atoms with Gasteiger partial charge in [-0.15, -0.1) is 0 Å². The molecule has 1 heterocycles. The second-order valence-electron chi connectivity index (χ2n) is 4.20. The molecule has 0 aromatic carbocycles. The maximum Gasteiger partial charge on any atom is 0.103 e. The Morgan fingerprint density at radius 1 is 1.43 bits per heavy atom. The van der Waals surface area contributed by atoms with E-state index >= 15 is 0 Å². The van der Waals surface area contributed by atoms with Gasteiger partial charge in [0.2, 0.25) is 0 Å². The van der Waals surface area contributed by atoms with E-state index in [1.165, 1.54) is 37.1 Å². The molecule has 0 spiro atoms. The predicted molar refractivity (Wildman–Crippen MR) is 57.3 cm³/mol. The number of aromatic amines is 1. The molecule has 1 aromatic heterocycles. The number of aromatic nitrogens is 2. The van der Waals surface area contributed by atoms with Crippen LogP contribution in [0.3, 0.4) is 0 Å². The van der Waals surface area contributed by atoms with Gasteiger partial charge in [-0.3, -0.25) is 0 Å². The van der Waals surface area contributed by atoms with Gasteiger partial charge < -0.3 is 10.3 Å². The van der Waals surface area contributed by atoms with E-state index in [-0.39, 0.29) is 0 Å². The zero-order valence-electron chi connectivity index (χ0n) is 9.06. The Bertz CT molecular complexity index is 297. The lowest BCUT2D eigenvalue weighted by Gasteiger charge is -2.08. The van der Waals surface area contributed by atoms with Crippen molar-refractivity contribution in [1.82, 2.24) is 15.3 Å². The van der Waals surface area contributed by atoms with Crippen molar-refractivity contribution in [1.29, 1.82) is 0 Å². The number of nitrogens with one attached hydrogen (secondary N) is 2. The van der Waals surface area contributed by atoms with Gasteiger partial charge in [-0.1, -0.05) is 12.8 Å². The number of rotatable bonds is 3. The van der Waals surface area contributed by atoms with E-state index in [1.54, 1.807) is 0 Å². The van der Waals surface area contributed by atoms with Crippen LogP contribution in [0.25, 0.3) is 0 Å². The van der Waals surface area contributed by atoms with Crippen molar-refractivity contribution >= 4 is 0 Å². The lowest BCUT2D eigenvalue weighted by atomic mass is 10.0. The second kappa shape index (κ2) is 4.13. The molecule has 1 aliphatic rings. The highest BCUT2D eigenvalue weighted by Gasteiger charge is 2.22. The number of nitrogens with zero attached hydrogens (tertiary/aromatic N) is 1. The molecule has 0 radical (unpaired) electrons. The minimum atomic E-state index is 0.711. The van der Waals surface area contributed by atoms with Crippen molar-refractivity contribution < 1.29 is 0 Å². The summed E-state index contributed by atoms with van der Waals surface area (Å²) in [6, 6.07) is 0. The third-order valence-electron chi connectivity index (χ3n) is 3.02. The maximum absolute atomic E-state index is 4.62. The molecule has 1 saturated carbocycles. The summed E-state index contributed by atoms with van der Waals surface area (Å²) in [6.07, 6.45) is 5.38. The van der Waals surface area contributed by atoms with E-state index in [0.717, 1.165) is 12.4 Å². The highest BCUT2D eigenvalue weighted by Crippen LogP contribution is 2.34. The topological polar surface area (TPSA) is 40.7 Å². The first-order valence-corrected chi connectivity index (χ1v) is 5.51. The van der Waals surface area contributed by atoms with Gasteiger partial charge in [0.05, 0.1) is 11.4 Å². The predicted octanol–water partition coefficient (Wildman–Crippen LogP) is 2.10. The van der Waals surface area contributed by atoms with E-state index < -0.39 is 0 Å². The molecule has 0 amide bonds. The van der Waals surface area contributed by atoms with Crippen LogP contribution >= 0.6 is 0 Å². The summed E-state index contributed by atoms with van der Waals surface area (Å²) in [5.74, 6) is 1.76. The summed E-state index contributed by atoms with van der Waals surface area (Å²) in [6.45, 7) is 2.95. The molecule has 14 heavy (non-hydrogen) atoms. The molecule has 0 bridgehead atoms. The zero-order valence-corrected chi connectivity index (χ0v) is 9.06. The number of hydrogen-bond donors (Lipinski definition) is 2. The molecule has 1 aliphatic carbocycles. The van der Waals surface area contributed by atoms with E-state index in [9.17, 15) is 0 Å². The molecule has 2 N–H and O–H groups in total. The van der Waals surface area contributed by atoms with E-state index in [0.29, 0.717) is 5.92 Å². The van der Waals surface area contributed by atoms with Gasteiger partial charge in [0.15, 0.2) is 0 Å². The van der Waals surface area contributed by atoms with Crippen molar-refractivity contribution in [3.63, 3.8) is 0 Å². The van der Waals surface area contributed by atoms with Gasteiger partial charge in [0.25, 0.3) is 0 Å². The lowest BCUT2D eigenvalue weighted by molar-refractivity contribution is 0.677. The molecule has 3 nitrogen and oxygen atoms in total. The summed E-state index contributed by atoms with van der Waals surface area (Å²) in [5, 5.41) is 3.19. The van der Waals surface area contributed by atoms with Gasteiger partial charge in [-0.25, -0.2) is 4.98 Å². The molecule has 1 fully saturated rings. The molecule has 78 valence electrons. The quantitative estimate of drug-likeness (QED) is 0.771. The van der Waals surface area contributed by atoms with Gasteiger partial charge in [-0.05, 0) is 26.8 Å². The van der Waals surface area contributed by atoms with Gasteiger partial charge >= 0.3 is 0 Å². The molecular formula is C11H19N3. The minimum Gasteiger partial charge on any atom is -0.345 e. The van der Waals surface area contributed by atoms with Crippen LogP contribution in [0.2, 0.25) is 0 Å². The molecular weight excluding hydrogens is 174 g/mol. The first-order valence-electron chi connectivity index (χ1n) is 5.51. The van der Waals surface area contributed by atoms with Gasteiger partial charge in [-0.2, -0.15) is 0 Å². The van der Waals surface area contributed by atoms with Crippen LogP contribution in [0.1, 0.15) is 48.8 Å². The molecule has 3 heteroatoms. The van der Waals surface area contributed by atoms with Crippen molar-refractivity contribution in [3.05, 3.63) is 17.2 Å². The Balaban J connectivity index is 2.21. The molecule has 2 rings (SSSR count). The smallest absolute Gasteiger partial charge is 0.103 e. The summed E-state index contributed by atoms with van der Waals surface area (Å²) >= 11 is 0. The first kappa shape index (κ1) is 9.71. The lowest BCUT2D eigenvalue weighted by Crippen LogP contribution is -2.09. The SMILES string of the molecule is CNCc1[nH]c(C)nc1C1CCCC1. The first-order chi connectivity index (χ1) is 6.81. The normalized spacial score (nSPS) is 17.9. The van der Waals surface area contributed by atoms with Crippen LogP contribution in [-0.2, 0) is 6.54 Å². The summed E-state index contributed by atoms with van der Waals surface area (Å²) < 4.78 is 0. The van der Waals surface area contributed by atoms with Gasteiger partial charge in [0, 0.05) is 12.5 Å². The molecule has 0 atom stereocenters. The maximum atomic E-state index is 4.62. The Morgan fingerprint density at radius 3 is 2.79 bits per heavy atom. The highest BCUT2D eigenvalue weighted by atomic mass is 15.0. The largest absolute Gasteiger partial charge is 0.345 e. The summed E-state index contributed by atoms with van der Waals surface area (Å²) in [4.78, 5) is 7.96. The minimum absolute atomic E-state index is 0.711. The van der Waals surface area contributed by atoms with Crippen LogP contribution in [0.5, 0.6) is 0 Å². The molecule has 0 aliphatic heterocycles. The summed E-state index contributed by atoms with van der Waals surface area (Å²) in [7, 11) is 1.98. The fourth-order valence-corrected chi connectivity index (χ4v) is 2.41. The van der Waals surface area contributed by atoms with Crippen molar-refractivity contribution in [3.8, 4) is 0 Å². The standard InChI is InChI=1S/C11H19N3/c1-8-13-10(7-12-2)11(14-8)9-5-3-4-6-9/h9,12H,3-7H2,1-2H3,(H,13,14). The van der Waals surface area contributed by atoms with Crippen LogP contribution in [-0.4, -0.2) is 17.0 Å². The van der Waals surface area contributed by atoms with Crippen molar-refractivity contribution in [2.45, 2.75) is 45.1 Å². The fourth-order valence-electron chi connectivity index (χ4n) is 2.41. The van der Waals surface area contributed by atoms with E-state index in [1.807, 2.05) is 14.0 Å². The second-order valence-corrected chi connectivity index (χ2v) is 4.20. The number of H-pyrrole nitrogens is 1. The average molecular weight is 193 g/mol. The Kier molecular flexibility index (Phi) is 2.87. The van der Waals surface area contributed by atoms with Crippen LogP contribution in [0.15, 0.2) is 0 Å². The zero-order chi connectivity index (χ0) is 9.97. The Hall–Kier alpha value is -0.830. The van der Waals surface area contributed by atoms with Crippen molar-refractivity contribution in [2.24, 2.45) is 0 Å². The third-order valence-corrected chi connectivity index (χ3v) is 3.02.